The summed E-state index contributed by atoms with van der Waals surface area (Å²) >= 11 is 15.8. The number of rotatable bonds is 8. The normalized spacial score (nSPS) is 11.1. The second-order valence-electron chi connectivity index (χ2n) is 7.37. The minimum absolute atomic E-state index is 0.339. The number of thioether (sulfide) groups is 1. The number of hydrogen-bond acceptors (Lipinski definition) is 9. The van der Waals surface area contributed by atoms with Gasteiger partial charge in [-0.25, -0.2) is 15.0 Å². The highest BCUT2D eigenvalue weighted by atomic mass is 35.5. The Morgan fingerprint density at radius 3 is 2.39 bits per heavy atom. The number of para-hydroxylation sites is 1. The van der Waals surface area contributed by atoms with Crippen LogP contribution in [0.25, 0.3) is 27.4 Å². The molecule has 0 radical (unpaired) electrons. The Morgan fingerprint density at radius 1 is 0.972 bits per heavy atom. The van der Waals surface area contributed by atoms with E-state index in [1.807, 2.05) is 18.2 Å². The molecule has 0 spiro atoms. The summed E-state index contributed by atoms with van der Waals surface area (Å²) in [5.74, 6) is 3.43. The minimum atomic E-state index is 0.339. The van der Waals surface area contributed by atoms with E-state index in [0.717, 1.165) is 14.6 Å². The minimum Gasteiger partial charge on any atom is -0.493 e. The zero-order valence-corrected chi connectivity index (χ0v) is 22.5. The lowest BCUT2D eigenvalue weighted by molar-refractivity contribution is 0.324. The van der Waals surface area contributed by atoms with E-state index in [1.165, 1.54) is 6.20 Å². The first-order chi connectivity index (χ1) is 17.5. The smallest absolute Gasteiger partial charge is 0.203 e. The van der Waals surface area contributed by atoms with Crippen LogP contribution >= 0.6 is 46.3 Å². The number of nitrogens with zero attached hydrogens (tertiary/aromatic N) is 5. The van der Waals surface area contributed by atoms with Crippen LogP contribution < -0.4 is 14.2 Å². The molecule has 3 aromatic heterocycles. The third-order valence-corrected chi connectivity index (χ3v) is 7.82. The molecular weight excluding hydrogens is 541 g/mol. The molecule has 5 aromatic rings. The maximum Gasteiger partial charge on any atom is 0.203 e. The summed E-state index contributed by atoms with van der Waals surface area (Å²) in [6.45, 7) is 0. The van der Waals surface area contributed by atoms with Crippen molar-refractivity contribution < 1.29 is 14.2 Å². The summed E-state index contributed by atoms with van der Waals surface area (Å²) in [6, 6.07) is 13.3. The van der Waals surface area contributed by atoms with E-state index in [9.17, 15) is 0 Å². The fourth-order valence-corrected chi connectivity index (χ4v) is 5.94. The quantitative estimate of drug-likeness (QED) is 0.197. The predicted molar refractivity (Wildman–Crippen MR) is 143 cm³/mol. The number of hydrogen-bond donors (Lipinski definition) is 0. The van der Waals surface area contributed by atoms with Crippen LogP contribution in [0.15, 0.2) is 53.0 Å². The number of benzene rings is 2. The third kappa shape index (κ3) is 4.81. The molecule has 0 aliphatic heterocycles. The second-order valence-corrected chi connectivity index (χ2v) is 10.5. The molecule has 2 aromatic carbocycles. The highest BCUT2D eigenvalue weighted by Crippen LogP contribution is 2.41. The zero-order valence-electron chi connectivity index (χ0n) is 19.4. The monoisotopic (exact) mass is 559 g/mol. The Labute approximate surface area is 225 Å². The van der Waals surface area contributed by atoms with Gasteiger partial charge in [-0.3, -0.25) is 0 Å². The molecule has 3 heterocycles. The number of halogens is 2. The Morgan fingerprint density at radius 2 is 1.72 bits per heavy atom. The maximum atomic E-state index is 6.50. The molecule has 5 rings (SSSR count). The van der Waals surface area contributed by atoms with E-state index in [0.29, 0.717) is 56.1 Å². The summed E-state index contributed by atoms with van der Waals surface area (Å²) in [4.78, 5) is 13.9. The first-order valence-electron chi connectivity index (χ1n) is 10.6. The Hall–Kier alpha value is -3.05. The van der Waals surface area contributed by atoms with Crippen molar-refractivity contribution in [2.45, 2.75) is 10.1 Å². The molecule has 8 nitrogen and oxygen atoms in total. The number of pyridine rings is 1. The molecule has 0 bridgehead atoms. The lowest BCUT2D eigenvalue weighted by Gasteiger charge is -2.14. The van der Waals surface area contributed by atoms with Gasteiger partial charge in [0.25, 0.3) is 0 Å². The van der Waals surface area contributed by atoms with E-state index in [4.69, 9.17) is 47.5 Å². The number of fused-ring (bicyclic) bond motifs is 1. The molecule has 0 atom stereocenters. The fraction of sp³-hybridized carbons (Fsp3) is 0.167. The van der Waals surface area contributed by atoms with Gasteiger partial charge in [-0.2, -0.15) is 4.68 Å². The molecule has 12 heteroatoms. The van der Waals surface area contributed by atoms with Gasteiger partial charge >= 0.3 is 0 Å². The van der Waals surface area contributed by atoms with Gasteiger partial charge in [-0.05, 0) is 30.3 Å². The van der Waals surface area contributed by atoms with Gasteiger partial charge in [0.15, 0.2) is 33.3 Å². The topological polar surface area (TPSA) is 84.2 Å². The molecule has 36 heavy (non-hydrogen) atoms. The summed E-state index contributed by atoms with van der Waals surface area (Å²) in [7, 11) is 4.67. The molecule has 0 unspecified atom stereocenters. The first-order valence-corrected chi connectivity index (χ1v) is 13.1. The van der Waals surface area contributed by atoms with Crippen LogP contribution in [0.5, 0.6) is 17.2 Å². The summed E-state index contributed by atoms with van der Waals surface area (Å²) in [5, 5.41) is 5.49. The molecule has 0 saturated heterocycles. The van der Waals surface area contributed by atoms with Crippen LogP contribution in [0.4, 0.5) is 0 Å². The van der Waals surface area contributed by atoms with Gasteiger partial charge in [0, 0.05) is 11.8 Å². The van der Waals surface area contributed by atoms with Crippen LogP contribution in [0.2, 0.25) is 10.0 Å². The molecule has 0 amide bonds. The fourth-order valence-electron chi connectivity index (χ4n) is 3.56. The molecule has 0 N–H and O–H groups in total. The lowest BCUT2D eigenvalue weighted by Crippen LogP contribution is -2.04. The number of thiazole rings is 1. The highest BCUT2D eigenvalue weighted by Gasteiger charge is 2.22. The average molecular weight is 560 g/mol. The van der Waals surface area contributed by atoms with Crippen LogP contribution in [-0.4, -0.2) is 46.1 Å². The van der Waals surface area contributed by atoms with E-state index < -0.39 is 0 Å². The van der Waals surface area contributed by atoms with Crippen molar-refractivity contribution in [3.63, 3.8) is 0 Å². The second kappa shape index (κ2) is 10.5. The average Bonchev–Trinajstić information content (AvgIpc) is 3.50. The SMILES string of the molecule is COc1cc(-c2nc(CSc3nc4ccccc4s3)nn2-c2ncc(Cl)cc2Cl)cc(OC)c1OC. The van der Waals surface area contributed by atoms with Crippen molar-refractivity contribution in [3.8, 4) is 34.5 Å². The van der Waals surface area contributed by atoms with Gasteiger partial charge in [0.05, 0.1) is 47.3 Å². The first kappa shape index (κ1) is 24.6. The van der Waals surface area contributed by atoms with Gasteiger partial charge < -0.3 is 14.2 Å². The van der Waals surface area contributed by atoms with Crippen molar-refractivity contribution in [1.82, 2.24) is 24.7 Å². The summed E-state index contributed by atoms with van der Waals surface area (Å²) in [6.07, 6.45) is 1.51. The Kier molecular flexibility index (Phi) is 7.20. The van der Waals surface area contributed by atoms with Crippen LogP contribution in [0.3, 0.4) is 0 Å². The lowest BCUT2D eigenvalue weighted by atomic mass is 10.1. The largest absolute Gasteiger partial charge is 0.493 e. The molecule has 0 fully saturated rings. The summed E-state index contributed by atoms with van der Waals surface area (Å²) < 4.78 is 20.2. The van der Waals surface area contributed by atoms with Crippen LogP contribution in [0.1, 0.15) is 5.82 Å². The Bertz CT molecular complexity index is 1500. The molecule has 0 saturated carbocycles. The number of aromatic nitrogens is 5. The zero-order chi connectivity index (χ0) is 25.2. The van der Waals surface area contributed by atoms with Crippen molar-refractivity contribution in [1.29, 1.82) is 0 Å². The number of methoxy groups -OCH3 is 3. The third-order valence-electron chi connectivity index (χ3n) is 5.16. The van der Waals surface area contributed by atoms with Crippen molar-refractivity contribution in [3.05, 3.63) is 64.5 Å². The summed E-state index contributed by atoms with van der Waals surface area (Å²) in [5.41, 5.74) is 1.65. The van der Waals surface area contributed by atoms with Gasteiger partial charge in [-0.1, -0.05) is 47.1 Å². The van der Waals surface area contributed by atoms with Crippen LogP contribution in [0, 0.1) is 0 Å². The molecule has 0 aliphatic rings. The Balaban J connectivity index is 1.58. The maximum absolute atomic E-state index is 6.50. The van der Waals surface area contributed by atoms with Gasteiger partial charge in [-0.15, -0.1) is 16.4 Å². The number of ether oxygens (including phenoxy) is 3. The van der Waals surface area contributed by atoms with Crippen molar-refractivity contribution in [2.75, 3.05) is 21.3 Å². The highest BCUT2D eigenvalue weighted by molar-refractivity contribution is 8.00. The van der Waals surface area contributed by atoms with Crippen molar-refractivity contribution in [2.24, 2.45) is 0 Å². The van der Waals surface area contributed by atoms with Gasteiger partial charge in [0.2, 0.25) is 5.75 Å². The van der Waals surface area contributed by atoms with E-state index in [2.05, 4.69) is 16.0 Å². The molecular formula is C24H19Cl2N5O3S2. The standard InChI is InChI=1S/C24H19Cl2N5O3S2/c1-32-17-8-13(9-18(33-2)21(17)34-3)22-29-20(30-31(22)23-15(26)10-14(25)11-27-23)12-35-24-28-16-6-4-5-7-19(16)36-24/h4-11H,12H2,1-3H3. The van der Waals surface area contributed by atoms with Crippen molar-refractivity contribution >= 4 is 56.5 Å². The molecule has 184 valence electrons. The van der Waals surface area contributed by atoms with E-state index in [-0.39, 0.29) is 0 Å². The molecule has 0 aliphatic carbocycles. The van der Waals surface area contributed by atoms with Gasteiger partial charge in [0.1, 0.15) is 0 Å². The van der Waals surface area contributed by atoms with E-state index >= 15 is 0 Å². The van der Waals surface area contributed by atoms with Crippen LogP contribution in [-0.2, 0) is 5.75 Å². The predicted octanol–water partition coefficient (Wildman–Crippen LogP) is 6.56. The van der Waals surface area contributed by atoms with E-state index in [1.54, 1.807) is 67.3 Å².